The van der Waals surface area contributed by atoms with Crippen LogP contribution in [0, 0.1) is 11.3 Å². The van der Waals surface area contributed by atoms with Gasteiger partial charge in [0.1, 0.15) is 0 Å². The molecule has 1 aromatic heterocycles. The molecule has 0 radical (unpaired) electrons. The lowest BCUT2D eigenvalue weighted by molar-refractivity contribution is 0.449. The predicted octanol–water partition coefficient (Wildman–Crippen LogP) is 2.21. The molecule has 1 aromatic carbocycles. The highest BCUT2D eigenvalue weighted by Crippen LogP contribution is 2.27. The molecule has 0 saturated carbocycles. The Morgan fingerprint density at radius 1 is 1.32 bits per heavy atom. The molecule has 96 valence electrons. The molecule has 0 unspecified atom stereocenters. The quantitative estimate of drug-likeness (QED) is 0.891. The first kappa shape index (κ1) is 11.9. The van der Waals surface area contributed by atoms with Crippen molar-refractivity contribution in [2.24, 2.45) is 0 Å². The smallest absolute Gasteiger partial charge is 0.0994 e. The number of imidazole rings is 1. The SMILES string of the molecule is N#Cc1cccc(-n2cncc2C2CCNCC2)c1. The Kier molecular flexibility index (Phi) is 3.30. The molecule has 19 heavy (non-hydrogen) atoms. The number of rotatable bonds is 2. The lowest BCUT2D eigenvalue weighted by Crippen LogP contribution is -2.27. The van der Waals surface area contributed by atoms with Crippen molar-refractivity contribution in [2.45, 2.75) is 18.8 Å². The Morgan fingerprint density at radius 3 is 2.95 bits per heavy atom. The molecule has 1 fully saturated rings. The fraction of sp³-hybridized carbons (Fsp3) is 0.333. The Bertz CT molecular complexity index is 603. The zero-order valence-corrected chi connectivity index (χ0v) is 10.7. The molecule has 2 heterocycles. The third-order valence-electron chi connectivity index (χ3n) is 3.68. The minimum absolute atomic E-state index is 0.550. The van der Waals surface area contributed by atoms with Gasteiger partial charge in [-0.15, -0.1) is 0 Å². The van der Waals surface area contributed by atoms with Gasteiger partial charge in [-0.3, -0.25) is 0 Å². The second kappa shape index (κ2) is 5.25. The van der Waals surface area contributed by atoms with Crippen LogP contribution in [0.25, 0.3) is 5.69 Å². The van der Waals surface area contributed by atoms with Crippen molar-refractivity contribution >= 4 is 0 Å². The molecular weight excluding hydrogens is 236 g/mol. The summed E-state index contributed by atoms with van der Waals surface area (Å²) in [6.07, 6.45) is 6.08. The number of aromatic nitrogens is 2. The minimum Gasteiger partial charge on any atom is -0.317 e. The molecule has 1 saturated heterocycles. The molecular formula is C15H16N4. The van der Waals surface area contributed by atoms with Crippen LogP contribution in [0.3, 0.4) is 0 Å². The van der Waals surface area contributed by atoms with E-state index in [9.17, 15) is 0 Å². The van der Waals surface area contributed by atoms with Crippen molar-refractivity contribution in [1.82, 2.24) is 14.9 Å². The topological polar surface area (TPSA) is 53.6 Å². The van der Waals surface area contributed by atoms with E-state index in [1.54, 1.807) is 0 Å². The average Bonchev–Trinajstić information content (AvgIpc) is 2.98. The summed E-state index contributed by atoms with van der Waals surface area (Å²) < 4.78 is 2.11. The molecule has 2 aromatic rings. The van der Waals surface area contributed by atoms with Crippen LogP contribution < -0.4 is 5.32 Å². The van der Waals surface area contributed by atoms with E-state index in [2.05, 4.69) is 20.9 Å². The standard InChI is InChI=1S/C15H16N4/c16-9-12-2-1-3-14(8-12)19-11-18-10-15(19)13-4-6-17-7-5-13/h1-3,8,10-11,13,17H,4-7H2. The number of nitrogens with one attached hydrogen (secondary N) is 1. The zero-order chi connectivity index (χ0) is 13.1. The first-order chi connectivity index (χ1) is 9.38. The van der Waals surface area contributed by atoms with Gasteiger partial charge in [0.25, 0.3) is 0 Å². The molecule has 3 rings (SSSR count). The van der Waals surface area contributed by atoms with Gasteiger partial charge < -0.3 is 9.88 Å². The number of nitrogens with zero attached hydrogens (tertiary/aromatic N) is 3. The lowest BCUT2D eigenvalue weighted by Gasteiger charge is -2.23. The monoisotopic (exact) mass is 252 g/mol. The summed E-state index contributed by atoms with van der Waals surface area (Å²) in [6, 6.07) is 9.86. The molecule has 0 amide bonds. The van der Waals surface area contributed by atoms with Crippen LogP contribution in [0.15, 0.2) is 36.8 Å². The largest absolute Gasteiger partial charge is 0.317 e. The zero-order valence-electron chi connectivity index (χ0n) is 10.7. The maximum Gasteiger partial charge on any atom is 0.0994 e. The van der Waals surface area contributed by atoms with Gasteiger partial charge in [0, 0.05) is 23.5 Å². The number of benzene rings is 1. The fourth-order valence-electron chi connectivity index (χ4n) is 2.67. The van der Waals surface area contributed by atoms with Crippen molar-refractivity contribution in [3.8, 4) is 11.8 Å². The Labute approximate surface area is 112 Å². The van der Waals surface area contributed by atoms with Gasteiger partial charge in [-0.1, -0.05) is 6.07 Å². The highest BCUT2D eigenvalue weighted by atomic mass is 15.1. The van der Waals surface area contributed by atoms with Gasteiger partial charge in [0.15, 0.2) is 0 Å². The first-order valence-corrected chi connectivity index (χ1v) is 6.62. The Hall–Kier alpha value is -2.12. The number of piperidine rings is 1. The number of hydrogen-bond acceptors (Lipinski definition) is 3. The van der Waals surface area contributed by atoms with Crippen LogP contribution in [-0.2, 0) is 0 Å². The van der Waals surface area contributed by atoms with E-state index in [1.165, 1.54) is 5.69 Å². The van der Waals surface area contributed by atoms with Gasteiger partial charge in [0.2, 0.25) is 0 Å². The average molecular weight is 252 g/mol. The first-order valence-electron chi connectivity index (χ1n) is 6.62. The van der Waals surface area contributed by atoms with E-state index >= 15 is 0 Å². The van der Waals surface area contributed by atoms with E-state index in [-0.39, 0.29) is 0 Å². The van der Waals surface area contributed by atoms with E-state index in [0.29, 0.717) is 11.5 Å². The van der Waals surface area contributed by atoms with E-state index in [1.807, 2.05) is 36.8 Å². The maximum atomic E-state index is 8.99. The molecule has 0 aliphatic carbocycles. The van der Waals surface area contributed by atoms with Crippen LogP contribution in [0.1, 0.15) is 30.0 Å². The van der Waals surface area contributed by atoms with Gasteiger partial charge in [0.05, 0.1) is 18.0 Å². The molecule has 1 N–H and O–H groups in total. The number of hydrogen-bond donors (Lipinski definition) is 1. The molecule has 4 heteroatoms. The Balaban J connectivity index is 1.97. The summed E-state index contributed by atoms with van der Waals surface area (Å²) in [5.41, 5.74) is 2.95. The highest BCUT2D eigenvalue weighted by Gasteiger charge is 2.19. The highest BCUT2D eigenvalue weighted by molar-refractivity contribution is 5.42. The molecule has 0 spiro atoms. The van der Waals surface area contributed by atoms with Crippen molar-refractivity contribution in [3.05, 3.63) is 48.0 Å². The molecule has 4 nitrogen and oxygen atoms in total. The summed E-state index contributed by atoms with van der Waals surface area (Å²) in [4.78, 5) is 4.29. The van der Waals surface area contributed by atoms with Crippen molar-refractivity contribution in [1.29, 1.82) is 5.26 Å². The summed E-state index contributed by atoms with van der Waals surface area (Å²) in [6.45, 7) is 2.13. The Morgan fingerprint density at radius 2 is 2.16 bits per heavy atom. The lowest BCUT2D eigenvalue weighted by atomic mass is 9.95. The maximum absolute atomic E-state index is 8.99. The summed E-state index contributed by atoms with van der Waals surface area (Å²) in [5.74, 6) is 0.550. The molecule has 1 aliphatic heterocycles. The summed E-state index contributed by atoms with van der Waals surface area (Å²) in [5, 5.41) is 12.4. The van der Waals surface area contributed by atoms with Crippen LogP contribution in [0.4, 0.5) is 0 Å². The fourth-order valence-corrected chi connectivity index (χ4v) is 2.67. The molecule has 1 aliphatic rings. The second-order valence-electron chi connectivity index (χ2n) is 4.87. The summed E-state index contributed by atoms with van der Waals surface area (Å²) >= 11 is 0. The van der Waals surface area contributed by atoms with E-state index < -0.39 is 0 Å². The van der Waals surface area contributed by atoms with Gasteiger partial charge >= 0.3 is 0 Å². The van der Waals surface area contributed by atoms with Crippen molar-refractivity contribution < 1.29 is 0 Å². The third kappa shape index (κ3) is 2.38. The minimum atomic E-state index is 0.550. The van der Waals surface area contributed by atoms with Crippen LogP contribution in [-0.4, -0.2) is 22.6 Å². The van der Waals surface area contributed by atoms with Crippen LogP contribution >= 0.6 is 0 Å². The van der Waals surface area contributed by atoms with Gasteiger partial charge in [-0.05, 0) is 44.1 Å². The normalized spacial score (nSPS) is 16.2. The van der Waals surface area contributed by atoms with E-state index in [4.69, 9.17) is 5.26 Å². The second-order valence-corrected chi connectivity index (χ2v) is 4.87. The van der Waals surface area contributed by atoms with Crippen LogP contribution in [0.2, 0.25) is 0 Å². The van der Waals surface area contributed by atoms with Gasteiger partial charge in [-0.25, -0.2) is 4.98 Å². The third-order valence-corrected chi connectivity index (χ3v) is 3.68. The van der Waals surface area contributed by atoms with Crippen LogP contribution in [0.5, 0.6) is 0 Å². The molecule has 0 bridgehead atoms. The van der Waals surface area contributed by atoms with Gasteiger partial charge in [-0.2, -0.15) is 5.26 Å². The van der Waals surface area contributed by atoms with Crippen molar-refractivity contribution in [2.75, 3.05) is 13.1 Å². The van der Waals surface area contributed by atoms with Crippen molar-refractivity contribution in [3.63, 3.8) is 0 Å². The van der Waals surface area contributed by atoms with E-state index in [0.717, 1.165) is 31.6 Å². The number of nitriles is 1. The predicted molar refractivity (Wildman–Crippen MR) is 73.1 cm³/mol. The molecule has 0 atom stereocenters. The summed E-state index contributed by atoms with van der Waals surface area (Å²) in [7, 11) is 0.